The number of aryl methyl sites for hydroxylation is 2. The van der Waals surface area contributed by atoms with Gasteiger partial charge in [-0.3, -0.25) is 4.79 Å². The highest BCUT2D eigenvalue weighted by Gasteiger charge is 2.07. The minimum absolute atomic E-state index is 0.194. The van der Waals surface area contributed by atoms with E-state index >= 15 is 0 Å². The highest BCUT2D eigenvalue weighted by molar-refractivity contribution is 5.91. The van der Waals surface area contributed by atoms with Crippen molar-refractivity contribution in [3.63, 3.8) is 0 Å². The predicted octanol–water partition coefficient (Wildman–Crippen LogP) is 3.76. The van der Waals surface area contributed by atoms with Gasteiger partial charge in [-0.15, -0.1) is 0 Å². The lowest BCUT2D eigenvalue weighted by atomic mass is 10.1. The fourth-order valence-electron chi connectivity index (χ4n) is 2.78. The van der Waals surface area contributed by atoms with Crippen LogP contribution in [0.3, 0.4) is 0 Å². The van der Waals surface area contributed by atoms with Gasteiger partial charge in [0, 0.05) is 13.1 Å². The Hall–Kier alpha value is -3.21. The molecule has 0 saturated carbocycles. The molecule has 3 aromatic rings. The second-order valence-corrected chi connectivity index (χ2v) is 6.47. The van der Waals surface area contributed by atoms with Gasteiger partial charge in [0.2, 0.25) is 0 Å². The maximum atomic E-state index is 12.2. The Bertz CT molecular complexity index is 863. The highest BCUT2D eigenvalue weighted by atomic mass is 16.1. The molecule has 0 aliphatic rings. The van der Waals surface area contributed by atoms with E-state index in [1.54, 1.807) is 6.20 Å². The minimum Gasteiger partial charge on any atom is -0.365 e. The number of rotatable bonds is 8. The van der Waals surface area contributed by atoms with Gasteiger partial charge in [0.15, 0.2) is 0 Å². The van der Waals surface area contributed by atoms with Crippen molar-refractivity contribution in [3.8, 4) is 0 Å². The molecule has 0 fully saturated rings. The van der Waals surface area contributed by atoms with Crippen LogP contribution in [-0.2, 0) is 13.0 Å². The van der Waals surface area contributed by atoms with Crippen molar-refractivity contribution in [3.05, 3.63) is 89.4 Å². The van der Waals surface area contributed by atoms with Gasteiger partial charge in [0.1, 0.15) is 11.5 Å². The molecule has 0 atom stereocenters. The summed E-state index contributed by atoms with van der Waals surface area (Å²) in [5.41, 5.74) is 4.00. The fourth-order valence-corrected chi connectivity index (χ4v) is 2.78. The Labute approximate surface area is 159 Å². The van der Waals surface area contributed by atoms with E-state index in [1.165, 1.54) is 22.9 Å². The van der Waals surface area contributed by atoms with E-state index < -0.39 is 0 Å². The van der Waals surface area contributed by atoms with Crippen LogP contribution in [0.15, 0.2) is 67.0 Å². The number of hydrogen-bond acceptors (Lipinski definition) is 4. The molecular weight excluding hydrogens is 336 g/mol. The smallest absolute Gasteiger partial charge is 0.271 e. The topological polar surface area (TPSA) is 66.9 Å². The van der Waals surface area contributed by atoms with E-state index in [-0.39, 0.29) is 5.91 Å². The van der Waals surface area contributed by atoms with Crippen LogP contribution >= 0.6 is 0 Å². The molecule has 0 saturated heterocycles. The second-order valence-electron chi connectivity index (χ2n) is 6.47. The molecule has 1 aromatic heterocycles. The third-order valence-electron chi connectivity index (χ3n) is 4.21. The summed E-state index contributed by atoms with van der Waals surface area (Å²) in [6.45, 7) is 3.35. The van der Waals surface area contributed by atoms with Gasteiger partial charge in [-0.2, -0.15) is 0 Å². The zero-order valence-corrected chi connectivity index (χ0v) is 15.5. The van der Waals surface area contributed by atoms with E-state index in [1.807, 2.05) is 24.3 Å². The van der Waals surface area contributed by atoms with Crippen LogP contribution in [0, 0.1) is 6.92 Å². The molecule has 0 aliphatic carbocycles. The average Bonchev–Trinajstić information content (AvgIpc) is 2.71. The van der Waals surface area contributed by atoms with Crippen LogP contribution in [0.4, 0.5) is 5.82 Å². The Kier molecular flexibility index (Phi) is 6.52. The van der Waals surface area contributed by atoms with Crippen molar-refractivity contribution in [2.75, 3.05) is 11.9 Å². The summed E-state index contributed by atoms with van der Waals surface area (Å²) in [5, 5.41) is 6.11. The van der Waals surface area contributed by atoms with E-state index in [4.69, 9.17) is 0 Å². The number of benzene rings is 2. The molecule has 0 unspecified atom stereocenters. The number of nitrogens with zero attached hydrogens (tertiary/aromatic N) is 2. The maximum Gasteiger partial charge on any atom is 0.271 e. The quantitative estimate of drug-likeness (QED) is 0.600. The Balaban J connectivity index is 1.43. The van der Waals surface area contributed by atoms with Gasteiger partial charge >= 0.3 is 0 Å². The minimum atomic E-state index is -0.194. The van der Waals surface area contributed by atoms with E-state index in [2.05, 4.69) is 57.9 Å². The predicted molar refractivity (Wildman–Crippen MR) is 108 cm³/mol. The van der Waals surface area contributed by atoms with Gasteiger partial charge in [-0.05, 0) is 30.9 Å². The third kappa shape index (κ3) is 5.92. The lowest BCUT2D eigenvalue weighted by Gasteiger charge is -2.07. The highest BCUT2D eigenvalue weighted by Crippen LogP contribution is 2.08. The normalized spacial score (nSPS) is 10.4. The monoisotopic (exact) mass is 360 g/mol. The molecule has 1 heterocycles. The van der Waals surface area contributed by atoms with Gasteiger partial charge in [-0.1, -0.05) is 60.2 Å². The number of aromatic nitrogens is 2. The number of hydrogen-bond donors (Lipinski definition) is 2. The Morgan fingerprint density at radius 1 is 0.963 bits per heavy atom. The summed E-state index contributed by atoms with van der Waals surface area (Å²) < 4.78 is 0. The molecule has 2 aromatic carbocycles. The van der Waals surface area contributed by atoms with Crippen LogP contribution in [0.25, 0.3) is 0 Å². The summed E-state index contributed by atoms with van der Waals surface area (Å²) in [4.78, 5) is 20.6. The van der Waals surface area contributed by atoms with E-state index in [0.29, 0.717) is 24.6 Å². The van der Waals surface area contributed by atoms with Gasteiger partial charge < -0.3 is 10.6 Å². The first-order valence-corrected chi connectivity index (χ1v) is 9.14. The first kappa shape index (κ1) is 18.6. The summed E-state index contributed by atoms with van der Waals surface area (Å²) in [6, 6.07) is 18.5. The molecule has 3 rings (SSSR count). The molecule has 27 heavy (non-hydrogen) atoms. The second kappa shape index (κ2) is 9.48. The van der Waals surface area contributed by atoms with Crippen molar-refractivity contribution in [2.24, 2.45) is 0 Å². The molecule has 2 N–H and O–H groups in total. The molecule has 5 heteroatoms. The number of carbonyl (C=O) groups is 1. The standard InChI is InChI=1S/C22H24N4O/c1-17-7-5-10-19(13-17)14-25-21-16-24-20(15-26-21)22(27)23-12-6-11-18-8-3-2-4-9-18/h2-5,7-10,13,15-16H,6,11-12,14H2,1H3,(H,23,27)(H,25,26). The van der Waals surface area contributed by atoms with Crippen molar-refractivity contribution in [2.45, 2.75) is 26.3 Å². The zero-order chi connectivity index (χ0) is 18.9. The fraction of sp³-hybridized carbons (Fsp3) is 0.227. The van der Waals surface area contributed by atoms with Gasteiger partial charge in [-0.25, -0.2) is 9.97 Å². The Morgan fingerprint density at radius 2 is 1.78 bits per heavy atom. The number of nitrogens with one attached hydrogen (secondary N) is 2. The Morgan fingerprint density at radius 3 is 2.52 bits per heavy atom. The largest absolute Gasteiger partial charge is 0.365 e. The van der Waals surface area contributed by atoms with E-state index in [9.17, 15) is 4.79 Å². The first-order chi connectivity index (χ1) is 13.2. The van der Waals surface area contributed by atoms with Crippen LogP contribution in [0.2, 0.25) is 0 Å². The first-order valence-electron chi connectivity index (χ1n) is 9.14. The van der Waals surface area contributed by atoms with Crippen LogP contribution in [0.5, 0.6) is 0 Å². The summed E-state index contributed by atoms with van der Waals surface area (Å²) in [7, 11) is 0. The molecule has 1 amide bonds. The van der Waals surface area contributed by atoms with Crippen molar-refractivity contribution >= 4 is 11.7 Å². The van der Waals surface area contributed by atoms with Gasteiger partial charge in [0.05, 0.1) is 12.4 Å². The van der Waals surface area contributed by atoms with Crippen LogP contribution in [0.1, 0.15) is 33.6 Å². The van der Waals surface area contributed by atoms with Crippen LogP contribution in [-0.4, -0.2) is 22.4 Å². The molecule has 0 spiro atoms. The van der Waals surface area contributed by atoms with Crippen molar-refractivity contribution in [1.82, 2.24) is 15.3 Å². The van der Waals surface area contributed by atoms with Crippen molar-refractivity contribution < 1.29 is 4.79 Å². The molecule has 0 aliphatic heterocycles. The molecule has 0 bridgehead atoms. The molecule has 138 valence electrons. The lowest BCUT2D eigenvalue weighted by Crippen LogP contribution is -2.25. The van der Waals surface area contributed by atoms with Crippen LogP contribution < -0.4 is 10.6 Å². The zero-order valence-electron chi connectivity index (χ0n) is 15.5. The van der Waals surface area contributed by atoms with E-state index in [0.717, 1.165) is 12.8 Å². The third-order valence-corrected chi connectivity index (χ3v) is 4.21. The SMILES string of the molecule is Cc1cccc(CNc2cnc(C(=O)NCCCc3ccccc3)cn2)c1. The number of anilines is 1. The van der Waals surface area contributed by atoms with Crippen molar-refractivity contribution in [1.29, 1.82) is 0 Å². The maximum absolute atomic E-state index is 12.2. The summed E-state index contributed by atoms with van der Waals surface area (Å²) in [6.07, 6.45) is 4.92. The summed E-state index contributed by atoms with van der Waals surface area (Å²) >= 11 is 0. The number of carbonyl (C=O) groups excluding carboxylic acids is 1. The molecule has 5 nitrogen and oxygen atoms in total. The average molecular weight is 360 g/mol. The van der Waals surface area contributed by atoms with Gasteiger partial charge in [0.25, 0.3) is 5.91 Å². The lowest BCUT2D eigenvalue weighted by molar-refractivity contribution is 0.0948. The summed E-state index contributed by atoms with van der Waals surface area (Å²) in [5.74, 6) is 0.456. The molecular formula is C22H24N4O. The number of amides is 1. The molecule has 0 radical (unpaired) electrons.